The molecule has 1 aliphatic rings. The summed E-state index contributed by atoms with van der Waals surface area (Å²) in [5, 5.41) is 8.03. The molecule has 10 rings (SSSR count). The van der Waals surface area contributed by atoms with Crippen molar-refractivity contribution in [2.75, 3.05) is 0 Å². The molecule has 0 saturated carbocycles. The average Bonchev–Trinajstić information content (AvgIpc) is 3.43. The van der Waals surface area contributed by atoms with Crippen molar-refractivity contribution in [2.45, 2.75) is 19.3 Å². The standard InChI is InChI=1S/C51H36/c1-51(2)48-27-24-37(32-47(48)46-26-25-45-43-22-10-9-20-41(43)42-21-11-12-23-44(42)49(45)50(46)51)35-18-13-19-36(28-35)40-30-38(33-14-5-3-6-15-33)29-39(31-40)34-16-7-4-8-17-34/h3-32H,1-2H3. The Bertz CT molecular complexity index is 2710. The zero-order valence-corrected chi connectivity index (χ0v) is 28.8. The number of hydrogen-bond acceptors (Lipinski definition) is 0. The van der Waals surface area contributed by atoms with Crippen molar-refractivity contribution in [1.29, 1.82) is 0 Å². The highest BCUT2D eigenvalue weighted by Gasteiger charge is 2.37. The Hall–Kier alpha value is -6.24. The van der Waals surface area contributed by atoms with E-state index in [-0.39, 0.29) is 5.41 Å². The number of rotatable bonds is 4. The maximum Gasteiger partial charge on any atom is 0.0165 e. The van der Waals surface area contributed by atoms with Crippen LogP contribution in [-0.2, 0) is 5.41 Å². The predicted molar refractivity (Wildman–Crippen MR) is 218 cm³/mol. The van der Waals surface area contributed by atoms with E-state index in [0.29, 0.717) is 0 Å². The van der Waals surface area contributed by atoms with Crippen LogP contribution in [0.4, 0.5) is 0 Å². The monoisotopic (exact) mass is 648 g/mol. The molecule has 0 radical (unpaired) electrons. The molecule has 0 heteroatoms. The minimum absolute atomic E-state index is 0.137. The summed E-state index contributed by atoms with van der Waals surface area (Å²) in [6.45, 7) is 4.82. The first-order valence-corrected chi connectivity index (χ1v) is 17.9. The number of benzene rings is 9. The molecule has 0 fully saturated rings. The van der Waals surface area contributed by atoms with Crippen LogP contribution in [-0.4, -0.2) is 0 Å². The molecule has 0 aromatic heterocycles. The van der Waals surface area contributed by atoms with Gasteiger partial charge in [0.25, 0.3) is 0 Å². The highest BCUT2D eigenvalue weighted by atomic mass is 14.4. The van der Waals surface area contributed by atoms with E-state index in [1.165, 1.54) is 99.1 Å². The Morgan fingerprint density at radius 3 is 1.33 bits per heavy atom. The van der Waals surface area contributed by atoms with Gasteiger partial charge in [0, 0.05) is 5.41 Å². The molecule has 0 bridgehead atoms. The van der Waals surface area contributed by atoms with E-state index in [2.05, 4.69) is 196 Å². The average molecular weight is 649 g/mol. The quantitative estimate of drug-likeness (QED) is 0.167. The third-order valence-electron chi connectivity index (χ3n) is 11.2. The minimum Gasteiger partial charge on any atom is -0.0622 e. The summed E-state index contributed by atoms with van der Waals surface area (Å²) in [5.41, 5.74) is 15.2. The molecule has 9 aromatic rings. The third kappa shape index (κ3) is 4.68. The molecule has 0 saturated heterocycles. The van der Waals surface area contributed by atoms with Crippen molar-refractivity contribution in [3.05, 3.63) is 193 Å². The molecule has 9 aromatic carbocycles. The molecule has 0 atom stereocenters. The largest absolute Gasteiger partial charge is 0.0622 e. The van der Waals surface area contributed by atoms with Gasteiger partial charge in [-0.15, -0.1) is 0 Å². The summed E-state index contributed by atoms with van der Waals surface area (Å²) >= 11 is 0. The first-order valence-electron chi connectivity index (χ1n) is 17.9. The van der Waals surface area contributed by atoms with Gasteiger partial charge in [-0.3, -0.25) is 0 Å². The fourth-order valence-electron chi connectivity index (χ4n) is 8.76. The topological polar surface area (TPSA) is 0 Å². The lowest BCUT2D eigenvalue weighted by molar-refractivity contribution is 0.667. The van der Waals surface area contributed by atoms with Crippen LogP contribution in [0, 0.1) is 0 Å². The minimum atomic E-state index is -0.137. The van der Waals surface area contributed by atoms with Crippen LogP contribution in [0.2, 0.25) is 0 Å². The van der Waals surface area contributed by atoms with Gasteiger partial charge < -0.3 is 0 Å². The van der Waals surface area contributed by atoms with E-state index in [0.717, 1.165) is 0 Å². The van der Waals surface area contributed by atoms with Crippen LogP contribution in [0.25, 0.3) is 88.0 Å². The first kappa shape index (κ1) is 29.7. The fourth-order valence-corrected chi connectivity index (χ4v) is 8.76. The molecule has 0 N–H and O–H groups in total. The predicted octanol–water partition coefficient (Wildman–Crippen LogP) is 14.1. The van der Waals surface area contributed by atoms with Gasteiger partial charge in [0.15, 0.2) is 0 Å². The molecular formula is C51H36. The Morgan fingerprint density at radius 1 is 0.294 bits per heavy atom. The van der Waals surface area contributed by atoms with Crippen molar-refractivity contribution in [2.24, 2.45) is 0 Å². The molecular weight excluding hydrogens is 613 g/mol. The zero-order chi connectivity index (χ0) is 34.1. The van der Waals surface area contributed by atoms with Gasteiger partial charge in [0.1, 0.15) is 0 Å². The summed E-state index contributed by atoms with van der Waals surface area (Å²) in [5.74, 6) is 0. The van der Waals surface area contributed by atoms with E-state index in [1.807, 2.05) is 0 Å². The van der Waals surface area contributed by atoms with Gasteiger partial charge in [0.05, 0.1) is 0 Å². The molecule has 0 heterocycles. The van der Waals surface area contributed by atoms with E-state index >= 15 is 0 Å². The van der Waals surface area contributed by atoms with Crippen LogP contribution in [0.3, 0.4) is 0 Å². The fraction of sp³-hybridized carbons (Fsp3) is 0.0588. The zero-order valence-electron chi connectivity index (χ0n) is 28.8. The highest BCUT2D eigenvalue weighted by Crippen LogP contribution is 2.54. The normalized spacial score (nSPS) is 13.1. The van der Waals surface area contributed by atoms with Crippen LogP contribution in [0.5, 0.6) is 0 Å². The molecule has 0 nitrogen and oxygen atoms in total. The van der Waals surface area contributed by atoms with Crippen molar-refractivity contribution >= 4 is 32.3 Å². The Kier molecular flexibility index (Phi) is 6.63. The molecule has 0 spiro atoms. The highest BCUT2D eigenvalue weighted by molar-refractivity contribution is 6.27. The summed E-state index contributed by atoms with van der Waals surface area (Å²) in [7, 11) is 0. The van der Waals surface area contributed by atoms with Crippen molar-refractivity contribution < 1.29 is 0 Å². The van der Waals surface area contributed by atoms with Crippen LogP contribution >= 0.6 is 0 Å². The molecule has 0 unspecified atom stereocenters. The van der Waals surface area contributed by atoms with Gasteiger partial charge in [0.2, 0.25) is 0 Å². The van der Waals surface area contributed by atoms with Crippen molar-refractivity contribution in [3.63, 3.8) is 0 Å². The van der Waals surface area contributed by atoms with Gasteiger partial charge in [-0.05, 0) is 129 Å². The second-order valence-electron chi connectivity index (χ2n) is 14.5. The summed E-state index contributed by atoms with van der Waals surface area (Å²) in [4.78, 5) is 0. The molecule has 51 heavy (non-hydrogen) atoms. The second kappa shape index (κ2) is 11.4. The summed E-state index contributed by atoms with van der Waals surface area (Å²) in [6.07, 6.45) is 0. The van der Waals surface area contributed by atoms with Crippen molar-refractivity contribution in [3.8, 4) is 55.6 Å². The van der Waals surface area contributed by atoms with Crippen LogP contribution < -0.4 is 0 Å². The Balaban J connectivity index is 1.13. The summed E-state index contributed by atoms with van der Waals surface area (Å²) < 4.78 is 0. The molecule has 0 aliphatic heterocycles. The van der Waals surface area contributed by atoms with E-state index in [9.17, 15) is 0 Å². The third-order valence-corrected chi connectivity index (χ3v) is 11.2. The molecule has 240 valence electrons. The van der Waals surface area contributed by atoms with Gasteiger partial charge in [-0.2, -0.15) is 0 Å². The smallest absolute Gasteiger partial charge is 0.0165 e. The number of fused-ring (bicyclic) bond motifs is 10. The Morgan fingerprint density at radius 2 is 0.725 bits per heavy atom. The maximum atomic E-state index is 2.44. The SMILES string of the molecule is CC1(C)c2ccc(-c3cccc(-c4cc(-c5ccccc5)cc(-c5ccccc5)c4)c3)cc2-c2ccc3c4ccccc4c4ccccc4c3c21. The lowest BCUT2D eigenvalue weighted by Crippen LogP contribution is -2.15. The van der Waals surface area contributed by atoms with Gasteiger partial charge in [-0.1, -0.05) is 166 Å². The summed E-state index contributed by atoms with van der Waals surface area (Å²) in [6, 6.07) is 67.2. The van der Waals surface area contributed by atoms with Crippen molar-refractivity contribution in [1.82, 2.24) is 0 Å². The Labute approximate surface area is 299 Å². The molecule has 1 aliphatic carbocycles. The van der Waals surface area contributed by atoms with Crippen LogP contribution in [0.15, 0.2) is 182 Å². The van der Waals surface area contributed by atoms with Gasteiger partial charge in [-0.25, -0.2) is 0 Å². The first-order chi connectivity index (χ1) is 25.0. The van der Waals surface area contributed by atoms with Crippen LogP contribution in [0.1, 0.15) is 25.0 Å². The lowest BCUT2D eigenvalue weighted by Gasteiger charge is -2.24. The van der Waals surface area contributed by atoms with E-state index in [4.69, 9.17) is 0 Å². The number of hydrogen-bond donors (Lipinski definition) is 0. The van der Waals surface area contributed by atoms with E-state index in [1.54, 1.807) is 0 Å². The second-order valence-corrected chi connectivity index (χ2v) is 14.5. The van der Waals surface area contributed by atoms with Gasteiger partial charge >= 0.3 is 0 Å². The lowest BCUT2D eigenvalue weighted by atomic mass is 9.78. The maximum absolute atomic E-state index is 2.44. The van der Waals surface area contributed by atoms with E-state index < -0.39 is 0 Å². The molecule has 0 amide bonds.